The van der Waals surface area contributed by atoms with Crippen LogP contribution in [0.3, 0.4) is 0 Å². The maximum atomic E-state index is 13.3. The van der Waals surface area contributed by atoms with Gasteiger partial charge in [-0.25, -0.2) is 0 Å². The predicted molar refractivity (Wildman–Crippen MR) is 112 cm³/mol. The standard InChI is InChI=1S/C22H27NO6/c1-7-23(8-2)22(25)15-13-18(27-4)20(28-5)21(29-6)19(15)14-9-11-16(24)17(26-3)12-10-14/h9-13H,7-8H2,1-6H3. The van der Waals surface area contributed by atoms with Gasteiger partial charge in [0.25, 0.3) is 5.91 Å². The fourth-order valence-corrected chi connectivity index (χ4v) is 3.18. The molecule has 0 aromatic heterocycles. The molecule has 2 rings (SSSR count). The van der Waals surface area contributed by atoms with Crippen molar-refractivity contribution in [1.82, 2.24) is 4.90 Å². The molecular formula is C22H27NO6. The van der Waals surface area contributed by atoms with Crippen molar-refractivity contribution in [3.05, 3.63) is 46.1 Å². The Labute approximate surface area is 170 Å². The lowest BCUT2D eigenvalue weighted by molar-refractivity contribution is 0.0773. The minimum atomic E-state index is -0.269. The minimum absolute atomic E-state index is 0.176. The smallest absolute Gasteiger partial charge is 0.254 e. The summed E-state index contributed by atoms with van der Waals surface area (Å²) in [6.07, 6.45) is 0. The van der Waals surface area contributed by atoms with Crippen molar-refractivity contribution >= 4 is 5.91 Å². The van der Waals surface area contributed by atoms with Gasteiger partial charge < -0.3 is 23.8 Å². The molecule has 0 N–H and O–H groups in total. The van der Waals surface area contributed by atoms with Gasteiger partial charge in [-0.2, -0.15) is 0 Å². The van der Waals surface area contributed by atoms with Crippen LogP contribution in [0.2, 0.25) is 0 Å². The van der Waals surface area contributed by atoms with Crippen molar-refractivity contribution < 1.29 is 23.7 Å². The van der Waals surface area contributed by atoms with E-state index < -0.39 is 0 Å². The summed E-state index contributed by atoms with van der Waals surface area (Å²) in [4.78, 5) is 27.1. The van der Waals surface area contributed by atoms with Gasteiger partial charge in [-0.15, -0.1) is 0 Å². The number of carbonyl (C=O) groups excluding carboxylic acids is 1. The molecule has 7 nitrogen and oxygen atoms in total. The Kier molecular flexibility index (Phi) is 7.47. The summed E-state index contributed by atoms with van der Waals surface area (Å²) in [5, 5.41) is 0. The van der Waals surface area contributed by atoms with Crippen LogP contribution in [-0.4, -0.2) is 52.3 Å². The van der Waals surface area contributed by atoms with Gasteiger partial charge in [0.2, 0.25) is 11.2 Å². The van der Waals surface area contributed by atoms with Crippen molar-refractivity contribution in [2.75, 3.05) is 41.5 Å². The van der Waals surface area contributed by atoms with Gasteiger partial charge in [0.15, 0.2) is 17.2 Å². The molecule has 0 heterocycles. The highest BCUT2D eigenvalue weighted by Gasteiger charge is 2.27. The maximum Gasteiger partial charge on any atom is 0.254 e. The molecule has 2 aromatic rings. The SMILES string of the molecule is CCN(CC)C(=O)c1cc(OC)c(OC)c(OC)c1-c1ccc(OC)c(=O)cc1. The van der Waals surface area contributed by atoms with E-state index in [1.165, 1.54) is 34.5 Å². The Morgan fingerprint density at radius 3 is 1.93 bits per heavy atom. The van der Waals surface area contributed by atoms with E-state index in [1.54, 1.807) is 29.2 Å². The van der Waals surface area contributed by atoms with Gasteiger partial charge in [0, 0.05) is 18.7 Å². The van der Waals surface area contributed by atoms with Crippen molar-refractivity contribution in [3.63, 3.8) is 0 Å². The summed E-state index contributed by atoms with van der Waals surface area (Å²) in [6, 6.07) is 7.95. The van der Waals surface area contributed by atoms with E-state index >= 15 is 0 Å². The molecule has 0 saturated heterocycles. The maximum absolute atomic E-state index is 13.3. The van der Waals surface area contributed by atoms with Gasteiger partial charge in [0.1, 0.15) is 0 Å². The number of methoxy groups -OCH3 is 4. The highest BCUT2D eigenvalue weighted by atomic mass is 16.5. The van der Waals surface area contributed by atoms with E-state index in [2.05, 4.69) is 0 Å². The lowest BCUT2D eigenvalue weighted by Crippen LogP contribution is -2.31. The Morgan fingerprint density at radius 1 is 0.828 bits per heavy atom. The van der Waals surface area contributed by atoms with E-state index in [1.807, 2.05) is 13.8 Å². The van der Waals surface area contributed by atoms with Crippen LogP contribution in [0.5, 0.6) is 23.0 Å². The summed E-state index contributed by atoms with van der Waals surface area (Å²) in [5.74, 6) is 1.12. The van der Waals surface area contributed by atoms with Crippen molar-refractivity contribution in [2.45, 2.75) is 13.8 Å². The van der Waals surface area contributed by atoms with E-state index in [9.17, 15) is 9.59 Å². The van der Waals surface area contributed by atoms with Crippen LogP contribution in [0.4, 0.5) is 0 Å². The Balaban J connectivity index is 2.92. The van der Waals surface area contributed by atoms with Crippen LogP contribution >= 0.6 is 0 Å². The highest BCUT2D eigenvalue weighted by Crippen LogP contribution is 2.47. The number of nitrogens with zero attached hydrogens (tertiary/aromatic N) is 1. The first-order valence-electron chi connectivity index (χ1n) is 9.28. The molecule has 0 bridgehead atoms. The number of ether oxygens (including phenoxy) is 4. The van der Waals surface area contributed by atoms with Gasteiger partial charge in [-0.1, -0.05) is 12.1 Å². The van der Waals surface area contributed by atoms with Gasteiger partial charge in [-0.3, -0.25) is 9.59 Å². The molecule has 29 heavy (non-hydrogen) atoms. The first-order chi connectivity index (χ1) is 14.0. The number of amides is 1. The van der Waals surface area contributed by atoms with Crippen LogP contribution in [-0.2, 0) is 0 Å². The summed E-state index contributed by atoms with van der Waals surface area (Å²) in [6.45, 7) is 4.92. The molecule has 2 aromatic carbocycles. The van der Waals surface area contributed by atoms with Crippen LogP contribution in [0.15, 0.2) is 35.1 Å². The average molecular weight is 401 g/mol. The first-order valence-corrected chi connectivity index (χ1v) is 9.28. The molecule has 0 spiro atoms. The van der Waals surface area contributed by atoms with Crippen molar-refractivity contribution in [2.24, 2.45) is 0 Å². The number of carbonyl (C=O) groups is 1. The summed E-state index contributed by atoms with van der Waals surface area (Å²) in [5.41, 5.74) is 1.24. The zero-order valence-electron chi connectivity index (χ0n) is 17.7. The molecule has 0 aliphatic heterocycles. The predicted octanol–water partition coefficient (Wildman–Crippen LogP) is 3.23. The fourth-order valence-electron chi connectivity index (χ4n) is 3.18. The van der Waals surface area contributed by atoms with Crippen molar-refractivity contribution in [1.29, 1.82) is 0 Å². The molecule has 0 fully saturated rings. The average Bonchev–Trinajstić information content (AvgIpc) is 2.93. The monoisotopic (exact) mass is 401 g/mol. The molecule has 1 amide bonds. The number of rotatable bonds is 8. The second-order valence-electron chi connectivity index (χ2n) is 6.10. The van der Waals surface area contributed by atoms with Gasteiger partial charge in [-0.05, 0) is 37.6 Å². The van der Waals surface area contributed by atoms with Crippen LogP contribution in [0.25, 0.3) is 11.1 Å². The molecule has 0 radical (unpaired) electrons. The lowest BCUT2D eigenvalue weighted by atomic mass is 9.97. The summed E-state index contributed by atoms with van der Waals surface area (Å²) in [7, 11) is 5.93. The Bertz CT molecular complexity index is 937. The molecule has 156 valence electrons. The zero-order valence-corrected chi connectivity index (χ0v) is 17.7. The normalized spacial score (nSPS) is 10.3. The Morgan fingerprint density at radius 2 is 1.41 bits per heavy atom. The molecule has 0 saturated carbocycles. The number of hydrogen-bond donors (Lipinski definition) is 0. The third-order valence-electron chi connectivity index (χ3n) is 4.69. The lowest BCUT2D eigenvalue weighted by Gasteiger charge is -2.23. The topological polar surface area (TPSA) is 74.3 Å². The van der Waals surface area contributed by atoms with Crippen LogP contribution < -0.4 is 24.4 Å². The van der Waals surface area contributed by atoms with E-state index in [4.69, 9.17) is 18.9 Å². The third-order valence-corrected chi connectivity index (χ3v) is 4.69. The fraction of sp³-hybridized carbons (Fsp3) is 0.364. The molecule has 0 atom stereocenters. The number of benzene rings is 1. The van der Waals surface area contributed by atoms with Crippen molar-refractivity contribution in [3.8, 4) is 34.1 Å². The molecule has 0 unspecified atom stereocenters. The van der Waals surface area contributed by atoms with Gasteiger partial charge >= 0.3 is 0 Å². The highest BCUT2D eigenvalue weighted by molar-refractivity contribution is 6.04. The van der Waals surface area contributed by atoms with Gasteiger partial charge in [0.05, 0.1) is 34.0 Å². The first kappa shape index (κ1) is 22.1. The van der Waals surface area contributed by atoms with E-state index in [-0.39, 0.29) is 17.1 Å². The van der Waals surface area contributed by atoms with E-state index in [0.717, 1.165) is 0 Å². The Hall–Kier alpha value is -3.22. The molecule has 0 aliphatic rings. The quantitative estimate of drug-likeness (QED) is 0.676. The second kappa shape index (κ2) is 9.82. The van der Waals surface area contributed by atoms with Crippen LogP contribution in [0.1, 0.15) is 24.2 Å². The molecule has 0 aliphatic carbocycles. The largest absolute Gasteiger partial charge is 0.493 e. The summed E-state index contributed by atoms with van der Waals surface area (Å²) < 4.78 is 21.7. The second-order valence-corrected chi connectivity index (χ2v) is 6.10. The molecular weight excluding hydrogens is 374 g/mol. The number of hydrogen-bond acceptors (Lipinski definition) is 6. The van der Waals surface area contributed by atoms with Crippen LogP contribution in [0, 0.1) is 0 Å². The van der Waals surface area contributed by atoms with E-state index in [0.29, 0.717) is 47.0 Å². The molecule has 7 heteroatoms. The minimum Gasteiger partial charge on any atom is -0.493 e. The zero-order chi connectivity index (χ0) is 21.6. The third kappa shape index (κ3) is 4.29. The summed E-state index contributed by atoms with van der Waals surface area (Å²) >= 11 is 0.